The van der Waals surface area contributed by atoms with E-state index in [4.69, 9.17) is 6.42 Å². The smallest absolute Gasteiger partial charge is 0.0432 e. The van der Waals surface area contributed by atoms with Crippen LogP contribution in [0.5, 0.6) is 0 Å². The molecule has 1 saturated heterocycles. The highest BCUT2D eigenvalue weighted by Crippen LogP contribution is 2.38. The van der Waals surface area contributed by atoms with Crippen molar-refractivity contribution in [3.8, 4) is 12.3 Å². The van der Waals surface area contributed by atoms with E-state index in [9.17, 15) is 0 Å². The number of pyridine rings is 1. The van der Waals surface area contributed by atoms with Gasteiger partial charge in [-0.15, -0.1) is 6.42 Å². The number of hydrogen-bond acceptors (Lipinski definition) is 2. The number of allylic oxidation sites excluding steroid dienone is 2. The number of nitrogens with zero attached hydrogens (tertiary/aromatic N) is 1. The van der Waals surface area contributed by atoms with Crippen molar-refractivity contribution in [1.29, 1.82) is 0 Å². The maximum Gasteiger partial charge on any atom is 0.0432 e. The van der Waals surface area contributed by atoms with Gasteiger partial charge in [0.1, 0.15) is 0 Å². The van der Waals surface area contributed by atoms with Crippen molar-refractivity contribution in [1.82, 2.24) is 10.3 Å². The third-order valence-corrected chi connectivity index (χ3v) is 3.84. The summed E-state index contributed by atoms with van der Waals surface area (Å²) in [5.41, 5.74) is 3.50. The Morgan fingerprint density at radius 2 is 2.35 bits per heavy atom. The van der Waals surface area contributed by atoms with E-state index in [1.807, 2.05) is 6.20 Å². The van der Waals surface area contributed by atoms with Crippen LogP contribution in [0.4, 0.5) is 0 Å². The molecular formula is C15H16N2. The van der Waals surface area contributed by atoms with Crippen LogP contribution in [0.25, 0.3) is 5.57 Å². The summed E-state index contributed by atoms with van der Waals surface area (Å²) in [5.74, 6) is 4.17. The van der Waals surface area contributed by atoms with Crippen molar-refractivity contribution in [2.24, 2.45) is 11.8 Å². The van der Waals surface area contributed by atoms with Gasteiger partial charge in [0.15, 0.2) is 0 Å². The van der Waals surface area contributed by atoms with Gasteiger partial charge in [-0.3, -0.25) is 4.98 Å². The van der Waals surface area contributed by atoms with E-state index in [0.29, 0.717) is 0 Å². The van der Waals surface area contributed by atoms with E-state index in [2.05, 4.69) is 28.4 Å². The number of fused-ring (bicyclic) bond motifs is 1. The fraction of sp³-hybridized carbons (Fsp3) is 0.400. The molecule has 2 heteroatoms. The van der Waals surface area contributed by atoms with Gasteiger partial charge in [-0.05, 0) is 55.0 Å². The van der Waals surface area contributed by atoms with Gasteiger partial charge < -0.3 is 5.32 Å². The van der Waals surface area contributed by atoms with Gasteiger partial charge in [-0.25, -0.2) is 0 Å². The van der Waals surface area contributed by atoms with E-state index in [0.717, 1.165) is 36.9 Å². The number of rotatable bonds is 1. The molecule has 17 heavy (non-hydrogen) atoms. The molecule has 0 spiro atoms. The van der Waals surface area contributed by atoms with Crippen LogP contribution in [0.1, 0.15) is 24.0 Å². The molecule has 0 amide bonds. The topological polar surface area (TPSA) is 24.9 Å². The van der Waals surface area contributed by atoms with E-state index in [1.54, 1.807) is 6.20 Å². The molecule has 1 fully saturated rings. The molecule has 1 aliphatic heterocycles. The highest BCUT2D eigenvalue weighted by Gasteiger charge is 2.30. The van der Waals surface area contributed by atoms with E-state index >= 15 is 0 Å². The third-order valence-electron chi connectivity index (χ3n) is 3.84. The van der Waals surface area contributed by atoms with E-state index in [1.165, 1.54) is 17.6 Å². The molecule has 0 saturated carbocycles. The van der Waals surface area contributed by atoms with Crippen LogP contribution < -0.4 is 5.32 Å². The fourth-order valence-corrected chi connectivity index (χ4v) is 2.90. The Morgan fingerprint density at radius 3 is 3.18 bits per heavy atom. The molecule has 2 nitrogen and oxygen atoms in total. The third kappa shape index (κ3) is 1.99. The van der Waals surface area contributed by atoms with Gasteiger partial charge in [0.05, 0.1) is 0 Å². The molecule has 2 atom stereocenters. The summed E-state index contributed by atoms with van der Waals surface area (Å²) in [5, 5.41) is 3.47. The van der Waals surface area contributed by atoms with Crippen molar-refractivity contribution in [3.63, 3.8) is 0 Å². The quantitative estimate of drug-likeness (QED) is 0.739. The minimum Gasteiger partial charge on any atom is -0.316 e. The summed E-state index contributed by atoms with van der Waals surface area (Å²) < 4.78 is 0. The summed E-state index contributed by atoms with van der Waals surface area (Å²) in [6, 6.07) is 2.07. The Hall–Kier alpha value is -1.59. The Balaban J connectivity index is 1.87. The zero-order chi connectivity index (χ0) is 11.7. The van der Waals surface area contributed by atoms with Gasteiger partial charge in [-0.1, -0.05) is 12.0 Å². The molecule has 1 aromatic heterocycles. The lowest BCUT2D eigenvalue weighted by atomic mass is 9.89. The van der Waals surface area contributed by atoms with Crippen molar-refractivity contribution in [2.75, 3.05) is 13.1 Å². The Labute approximate surface area is 102 Å². The molecule has 3 rings (SSSR count). The van der Waals surface area contributed by atoms with Gasteiger partial charge in [-0.2, -0.15) is 0 Å². The second kappa shape index (κ2) is 4.35. The van der Waals surface area contributed by atoms with Crippen LogP contribution in [0.15, 0.2) is 24.5 Å². The minimum atomic E-state index is 0.751. The standard InChI is InChI=1S/C15H16N2/c1-2-11-5-14(10-17-8-11)13-6-12-3-4-16-9-15(12)7-13/h1,5-6,8,10,12,15-16H,3-4,7,9H2/t12-,15-/m1/s1. The molecule has 1 N–H and O–H groups in total. The second-order valence-electron chi connectivity index (χ2n) is 4.92. The lowest BCUT2D eigenvalue weighted by Crippen LogP contribution is -2.33. The molecule has 1 aromatic rings. The lowest BCUT2D eigenvalue weighted by Gasteiger charge is -2.25. The van der Waals surface area contributed by atoms with Gasteiger partial charge in [0, 0.05) is 18.0 Å². The number of nitrogens with one attached hydrogen (secondary N) is 1. The summed E-state index contributed by atoms with van der Waals surface area (Å²) >= 11 is 0. The van der Waals surface area contributed by atoms with Crippen molar-refractivity contribution in [2.45, 2.75) is 12.8 Å². The van der Waals surface area contributed by atoms with Crippen molar-refractivity contribution in [3.05, 3.63) is 35.7 Å². The predicted octanol–water partition coefficient (Wildman–Crippen LogP) is 2.08. The van der Waals surface area contributed by atoms with Crippen molar-refractivity contribution >= 4 is 5.57 Å². The van der Waals surface area contributed by atoms with E-state index < -0.39 is 0 Å². The normalized spacial score (nSPS) is 27.1. The van der Waals surface area contributed by atoms with Crippen LogP contribution in [-0.4, -0.2) is 18.1 Å². The van der Waals surface area contributed by atoms with Gasteiger partial charge in [0.2, 0.25) is 0 Å². The van der Waals surface area contributed by atoms with Crippen molar-refractivity contribution < 1.29 is 0 Å². The molecular weight excluding hydrogens is 208 g/mol. The fourth-order valence-electron chi connectivity index (χ4n) is 2.90. The first-order chi connectivity index (χ1) is 8.36. The number of hydrogen-bond donors (Lipinski definition) is 1. The first-order valence-electron chi connectivity index (χ1n) is 6.20. The second-order valence-corrected chi connectivity index (χ2v) is 4.92. The van der Waals surface area contributed by atoms with Crippen LogP contribution in [-0.2, 0) is 0 Å². The van der Waals surface area contributed by atoms with Gasteiger partial charge >= 0.3 is 0 Å². The highest BCUT2D eigenvalue weighted by atomic mass is 14.9. The average Bonchev–Trinajstić information content (AvgIpc) is 2.82. The summed E-state index contributed by atoms with van der Waals surface area (Å²) in [7, 11) is 0. The SMILES string of the molecule is C#Cc1cncc(C2=C[C@H]3CCNC[C@H]3C2)c1. The van der Waals surface area contributed by atoms with E-state index in [-0.39, 0.29) is 0 Å². The van der Waals surface area contributed by atoms with Crippen LogP contribution in [0, 0.1) is 24.2 Å². The predicted molar refractivity (Wildman–Crippen MR) is 69.2 cm³/mol. The minimum absolute atomic E-state index is 0.751. The summed E-state index contributed by atoms with van der Waals surface area (Å²) in [4.78, 5) is 4.22. The summed E-state index contributed by atoms with van der Waals surface area (Å²) in [6.45, 7) is 2.29. The van der Waals surface area contributed by atoms with Crippen LogP contribution >= 0.6 is 0 Å². The Morgan fingerprint density at radius 1 is 1.41 bits per heavy atom. The zero-order valence-corrected chi connectivity index (χ0v) is 9.82. The number of terminal acetylenes is 1. The molecule has 2 heterocycles. The average molecular weight is 224 g/mol. The van der Waals surface area contributed by atoms with Crippen LogP contribution in [0.2, 0.25) is 0 Å². The van der Waals surface area contributed by atoms with Crippen LogP contribution in [0.3, 0.4) is 0 Å². The lowest BCUT2D eigenvalue weighted by molar-refractivity contribution is 0.324. The highest BCUT2D eigenvalue weighted by molar-refractivity contribution is 5.68. The summed E-state index contributed by atoms with van der Waals surface area (Å²) in [6.07, 6.45) is 13.9. The maximum atomic E-state index is 5.41. The maximum absolute atomic E-state index is 5.41. The molecule has 0 aromatic carbocycles. The number of aromatic nitrogens is 1. The Bertz CT molecular complexity index is 496. The molecule has 0 bridgehead atoms. The molecule has 1 aliphatic carbocycles. The molecule has 2 aliphatic rings. The zero-order valence-electron chi connectivity index (χ0n) is 9.82. The number of piperidine rings is 1. The molecule has 0 radical (unpaired) electrons. The van der Waals surface area contributed by atoms with Gasteiger partial charge in [0.25, 0.3) is 0 Å². The first-order valence-corrected chi connectivity index (χ1v) is 6.20. The Kier molecular flexibility index (Phi) is 2.70. The molecule has 0 unspecified atom stereocenters. The first kappa shape index (κ1) is 10.6. The monoisotopic (exact) mass is 224 g/mol. The largest absolute Gasteiger partial charge is 0.316 e. The molecule has 86 valence electrons.